The van der Waals surface area contributed by atoms with Crippen molar-refractivity contribution in [2.75, 3.05) is 20.1 Å². The quantitative estimate of drug-likeness (QED) is 0.760. The summed E-state index contributed by atoms with van der Waals surface area (Å²) in [6.45, 7) is 1.88. The van der Waals surface area contributed by atoms with E-state index in [0.29, 0.717) is 5.82 Å². The highest BCUT2D eigenvalue weighted by Gasteiger charge is 2.32. The Kier molecular flexibility index (Phi) is 3.33. The van der Waals surface area contributed by atoms with Gasteiger partial charge in [-0.2, -0.15) is 13.2 Å². The molecule has 17 heavy (non-hydrogen) atoms. The van der Waals surface area contributed by atoms with Crippen LogP contribution >= 0.6 is 0 Å². The summed E-state index contributed by atoms with van der Waals surface area (Å²) < 4.78 is 37.0. The van der Waals surface area contributed by atoms with Crippen molar-refractivity contribution in [3.05, 3.63) is 23.8 Å². The Hall–Kier alpha value is -1.17. The van der Waals surface area contributed by atoms with Crippen molar-refractivity contribution in [2.24, 2.45) is 0 Å². The van der Waals surface area contributed by atoms with Gasteiger partial charge in [0.1, 0.15) is 5.82 Å². The van der Waals surface area contributed by atoms with E-state index >= 15 is 0 Å². The number of nitrogens with zero attached hydrogens (tertiary/aromatic N) is 3. The maximum absolute atomic E-state index is 12.3. The minimum atomic E-state index is -4.36. The van der Waals surface area contributed by atoms with Crippen LogP contribution in [-0.2, 0) is 6.18 Å². The largest absolute Gasteiger partial charge is 0.419 e. The molecule has 0 bridgehead atoms. The highest BCUT2D eigenvalue weighted by atomic mass is 19.4. The smallest absolute Gasteiger partial charge is 0.306 e. The predicted octanol–water partition coefficient (Wildman–Crippen LogP) is 2.30. The molecule has 0 aliphatic carbocycles. The SMILES string of the molecule is CN1CCC(c2ncc(C(F)(F)F)cn2)CC1. The van der Waals surface area contributed by atoms with E-state index in [2.05, 4.69) is 14.9 Å². The van der Waals surface area contributed by atoms with Gasteiger partial charge in [0.2, 0.25) is 0 Å². The highest BCUT2D eigenvalue weighted by molar-refractivity contribution is 5.11. The second-order valence-corrected chi connectivity index (χ2v) is 4.41. The Morgan fingerprint density at radius 3 is 2.18 bits per heavy atom. The van der Waals surface area contributed by atoms with E-state index in [4.69, 9.17) is 0 Å². The van der Waals surface area contributed by atoms with Gasteiger partial charge in [-0.25, -0.2) is 9.97 Å². The summed E-state index contributed by atoms with van der Waals surface area (Å²) in [5.74, 6) is 0.722. The molecule has 0 unspecified atom stereocenters. The number of hydrogen-bond acceptors (Lipinski definition) is 3. The first kappa shape index (κ1) is 12.3. The summed E-state index contributed by atoms with van der Waals surface area (Å²) in [6, 6.07) is 0. The van der Waals surface area contributed by atoms with Crippen molar-refractivity contribution >= 4 is 0 Å². The summed E-state index contributed by atoms with van der Waals surface area (Å²) >= 11 is 0. The van der Waals surface area contributed by atoms with E-state index in [1.54, 1.807) is 0 Å². The van der Waals surface area contributed by atoms with Gasteiger partial charge in [0.05, 0.1) is 5.56 Å². The third-order valence-corrected chi connectivity index (χ3v) is 3.08. The van der Waals surface area contributed by atoms with Gasteiger partial charge in [-0.05, 0) is 33.0 Å². The summed E-state index contributed by atoms with van der Waals surface area (Å²) in [4.78, 5) is 9.88. The standard InChI is InChI=1S/C11H14F3N3/c1-17-4-2-8(3-5-17)10-15-6-9(7-16-10)11(12,13)14/h6-8H,2-5H2,1H3. The number of aromatic nitrogens is 2. The van der Waals surface area contributed by atoms with Crippen molar-refractivity contribution in [1.82, 2.24) is 14.9 Å². The van der Waals surface area contributed by atoms with Crippen molar-refractivity contribution in [2.45, 2.75) is 24.9 Å². The molecule has 0 saturated carbocycles. The topological polar surface area (TPSA) is 29.0 Å². The van der Waals surface area contributed by atoms with E-state index in [-0.39, 0.29) is 5.92 Å². The summed E-state index contributed by atoms with van der Waals surface area (Å²) in [7, 11) is 2.03. The van der Waals surface area contributed by atoms with Crippen LogP contribution in [0.2, 0.25) is 0 Å². The molecule has 2 heterocycles. The lowest BCUT2D eigenvalue weighted by atomic mass is 9.96. The van der Waals surface area contributed by atoms with Gasteiger partial charge < -0.3 is 4.90 Å². The van der Waals surface area contributed by atoms with Gasteiger partial charge in [-0.1, -0.05) is 0 Å². The molecule has 1 fully saturated rings. The normalized spacial score (nSPS) is 19.5. The molecule has 1 aliphatic heterocycles. The molecule has 0 spiro atoms. The Morgan fingerprint density at radius 2 is 1.71 bits per heavy atom. The first-order chi connectivity index (χ1) is 7.97. The van der Waals surface area contributed by atoms with E-state index in [9.17, 15) is 13.2 Å². The van der Waals surface area contributed by atoms with Crippen LogP contribution in [0.5, 0.6) is 0 Å². The van der Waals surface area contributed by atoms with Crippen molar-refractivity contribution in [1.29, 1.82) is 0 Å². The van der Waals surface area contributed by atoms with Gasteiger partial charge in [-0.3, -0.25) is 0 Å². The van der Waals surface area contributed by atoms with Crippen molar-refractivity contribution in [3.63, 3.8) is 0 Å². The molecule has 1 saturated heterocycles. The lowest BCUT2D eigenvalue weighted by Crippen LogP contribution is -2.30. The second kappa shape index (κ2) is 4.60. The summed E-state index contributed by atoms with van der Waals surface area (Å²) in [5.41, 5.74) is -0.783. The Labute approximate surface area is 97.7 Å². The van der Waals surface area contributed by atoms with Crippen LogP contribution in [0.4, 0.5) is 13.2 Å². The zero-order valence-electron chi connectivity index (χ0n) is 9.54. The van der Waals surface area contributed by atoms with Crippen LogP contribution in [0.25, 0.3) is 0 Å². The zero-order valence-corrected chi connectivity index (χ0v) is 9.54. The van der Waals surface area contributed by atoms with Crippen LogP contribution in [-0.4, -0.2) is 35.0 Å². The lowest BCUT2D eigenvalue weighted by molar-refractivity contribution is -0.138. The fourth-order valence-electron chi connectivity index (χ4n) is 1.96. The monoisotopic (exact) mass is 245 g/mol. The Balaban J connectivity index is 2.08. The molecule has 0 amide bonds. The molecule has 1 aliphatic rings. The Morgan fingerprint density at radius 1 is 1.18 bits per heavy atom. The van der Waals surface area contributed by atoms with Crippen LogP contribution < -0.4 is 0 Å². The summed E-state index contributed by atoms with van der Waals surface area (Å²) in [6.07, 6.45) is -0.795. The zero-order chi connectivity index (χ0) is 12.5. The van der Waals surface area contributed by atoms with Gasteiger partial charge in [0.15, 0.2) is 0 Å². The molecule has 94 valence electrons. The van der Waals surface area contributed by atoms with E-state index in [1.165, 1.54) is 0 Å². The van der Waals surface area contributed by atoms with Gasteiger partial charge >= 0.3 is 6.18 Å². The fraction of sp³-hybridized carbons (Fsp3) is 0.636. The van der Waals surface area contributed by atoms with Gasteiger partial charge in [0.25, 0.3) is 0 Å². The number of halogens is 3. The molecule has 1 aromatic heterocycles. The van der Waals surface area contributed by atoms with Crippen LogP contribution in [0.1, 0.15) is 30.1 Å². The van der Waals surface area contributed by atoms with Crippen LogP contribution in [0, 0.1) is 0 Å². The first-order valence-corrected chi connectivity index (χ1v) is 5.54. The lowest BCUT2D eigenvalue weighted by Gasteiger charge is -2.27. The summed E-state index contributed by atoms with van der Waals surface area (Å²) in [5, 5.41) is 0. The average molecular weight is 245 g/mol. The van der Waals surface area contributed by atoms with Crippen molar-refractivity contribution in [3.8, 4) is 0 Å². The van der Waals surface area contributed by atoms with Gasteiger partial charge in [0, 0.05) is 18.3 Å². The molecular weight excluding hydrogens is 231 g/mol. The molecule has 0 radical (unpaired) electrons. The molecular formula is C11H14F3N3. The third-order valence-electron chi connectivity index (χ3n) is 3.08. The van der Waals surface area contributed by atoms with E-state index < -0.39 is 11.7 Å². The van der Waals surface area contributed by atoms with Crippen LogP contribution in [0.15, 0.2) is 12.4 Å². The minimum Gasteiger partial charge on any atom is -0.306 e. The molecule has 2 rings (SSSR count). The minimum absolute atomic E-state index is 0.188. The molecule has 0 aromatic carbocycles. The molecule has 0 atom stereocenters. The number of rotatable bonds is 1. The number of alkyl halides is 3. The van der Waals surface area contributed by atoms with Crippen LogP contribution in [0.3, 0.4) is 0 Å². The number of likely N-dealkylation sites (tertiary alicyclic amines) is 1. The Bertz CT molecular complexity index is 367. The number of hydrogen-bond donors (Lipinski definition) is 0. The predicted molar refractivity (Wildman–Crippen MR) is 56.5 cm³/mol. The fourth-order valence-corrected chi connectivity index (χ4v) is 1.96. The van der Waals surface area contributed by atoms with Crippen molar-refractivity contribution < 1.29 is 13.2 Å². The molecule has 1 aromatic rings. The molecule has 3 nitrogen and oxygen atoms in total. The van der Waals surface area contributed by atoms with E-state index in [1.807, 2.05) is 7.05 Å². The maximum Gasteiger partial charge on any atom is 0.419 e. The molecule has 6 heteroatoms. The molecule has 0 N–H and O–H groups in total. The highest BCUT2D eigenvalue weighted by Crippen LogP contribution is 2.29. The second-order valence-electron chi connectivity index (χ2n) is 4.41. The average Bonchev–Trinajstić information content (AvgIpc) is 2.29. The van der Waals surface area contributed by atoms with Gasteiger partial charge in [-0.15, -0.1) is 0 Å². The van der Waals surface area contributed by atoms with E-state index in [0.717, 1.165) is 38.3 Å². The number of piperidine rings is 1. The third kappa shape index (κ3) is 2.94. The maximum atomic E-state index is 12.3. The first-order valence-electron chi connectivity index (χ1n) is 5.54.